The van der Waals surface area contributed by atoms with Crippen LogP contribution in [0.4, 0.5) is 0 Å². The fraction of sp³-hybridized carbons (Fsp3) is 0.255. The summed E-state index contributed by atoms with van der Waals surface area (Å²) in [5.74, 6) is 2.50. The standard InChI is InChI=1S/C51H49N3OSe/c1-49(2,3)30-31-14-17-38-32(24-31)15-18-41-42-21-23-53-46(48(42)56-47(38)41)33-25-35(51(7,8)9)27-37(26-33)55-36-16-19-40-39-12-10-11-13-43(39)54(44(40)29-36)45-28-34(20-22-52-45)50(4,5)6/h10-29H,30H2,1-9H3. The van der Waals surface area contributed by atoms with Crippen molar-refractivity contribution in [1.29, 1.82) is 0 Å². The Morgan fingerprint density at radius 3 is 2.05 bits per heavy atom. The summed E-state index contributed by atoms with van der Waals surface area (Å²) in [4.78, 5) is 9.98. The molecule has 9 aromatic rings. The molecular formula is C51H49N3OSe. The van der Waals surface area contributed by atoms with E-state index < -0.39 is 0 Å². The van der Waals surface area contributed by atoms with E-state index >= 15 is 0 Å². The van der Waals surface area contributed by atoms with Crippen LogP contribution in [0, 0.1) is 5.41 Å². The molecule has 56 heavy (non-hydrogen) atoms. The molecule has 4 heterocycles. The molecule has 0 aliphatic carbocycles. The molecule has 0 bridgehead atoms. The Morgan fingerprint density at radius 1 is 0.554 bits per heavy atom. The Bertz CT molecular complexity index is 2980. The monoisotopic (exact) mass is 799 g/mol. The Hall–Kier alpha value is -5.22. The van der Waals surface area contributed by atoms with Gasteiger partial charge in [0, 0.05) is 6.20 Å². The minimum absolute atomic E-state index is 0.00189. The Labute approximate surface area is 335 Å². The van der Waals surface area contributed by atoms with Crippen LogP contribution < -0.4 is 4.74 Å². The van der Waals surface area contributed by atoms with Crippen molar-refractivity contribution in [2.75, 3.05) is 0 Å². The summed E-state index contributed by atoms with van der Waals surface area (Å²) in [7, 11) is 0. The van der Waals surface area contributed by atoms with Crippen LogP contribution in [0.15, 0.2) is 122 Å². The maximum absolute atomic E-state index is 6.88. The van der Waals surface area contributed by atoms with Gasteiger partial charge in [-0.2, -0.15) is 0 Å². The van der Waals surface area contributed by atoms with Gasteiger partial charge in [-0.15, -0.1) is 0 Å². The van der Waals surface area contributed by atoms with Gasteiger partial charge in [-0.1, -0.05) is 32.9 Å². The fourth-order valence-electron chi connectivity index (χ4n) is 8.10. The number of fused-ring (bicyclic) bond motifs is 8. The van der Waals surface area contributed by atoms with Crippen LogP contribution in [-0.2, 0) is 17.3 Å². The number of hydrogen-bond donors (Lipinski definition) is 0. The second-order valence-corrected chi connectivity index (χ2v) is 20.8. The molecule has 0 radical (unpaired) electrons. The normalized spacial score (nSPS) is 12.8. The summed E-state index contributed by atoms with van der Waals surface area (Å²) in [6.45, 7) is 20.5. The van der Waals surface area contributed by atoms with E-state index in [9.17, 15) is 0 Å². The summed E-state index contributed by atoms with van der Waals surface area (Å²) >= 11 is 0.106. The number of aromatic nitrogens is 3. The Morgan fingerprint density at radius 2 is 1.27 bits per heavy atom. The first-order chi connectivity index (χ1) is 26.6. The van der Waals surface area contributed by atoms with Crippen LogP contribution in [0.25, 0.3) is 68.9 Å². The molecule has 5 heteroatoms. The van der Waals surface area contributed by atoms with E-state index in [2.05, 4.69) is 176 Å². The molecule has 0 fully saturated rings. The molecule has 9 rings (SSSR count). The third-order valence-corrected chi connectivity index (χ3v) is 13.6. The van der Waals surface area contributed by atoms with Gasteiger partial charge >= 0.3 is 281 Å². The minimum atomic E-state index is -0.0960. The quantitative estimate of drug-likeness (QED) is 0.163. The van der Waals surface area contributed by atoms with E-state index in [4.69, 9.17) is 14.7 Å². The first-order valence-electron chi connectivity index (χ1n) is 19.7. The molecule has 0 saturated carbocycles. The number of rotatable bonds is 5. The molecule has 4 aromatic heterocycles. The van der Waals surface area contributed by atoms with Gasteiger partial charge < -0.3 is 0 Å². The first kappa shape index (κ1) is 36.4. The van der Waals surface area contributed by atoms with E-state index in [1.165, 1.54) is 57.5 Å². The van der Waals surface area contributed by atoms with E-state index in [0.29, 0.717) is 0 Å². The predicted molar refractivity (Wildman–Crippen MR) is 238 cm³/mol. The molecular weight excluding hydrogens is 750 g/mol. The molecule has 4 nitrogen and oxygen atoms in total. The first-order valence-corrected chi connectivity index (χ1v) is 21.4. The molecule has 0 spiro atoms. The summed E-state index contributed by atoms with van der Waals surface area (Å²) in [5.41, 5.74) is 8.34. The second kappa shape index (κ2) is 13.2. The van der Waals surface area contributed by atoms with E-state index in [0.717, 1.165) is 46.0 Å². The Kier molecular flexibility index (Phi) is 8.58. The van der Waals surface area contributed by atoms with Crippen molar-refractivity contribution < 1.29 is 4.74 Å². The van der Waals surface area contributed by atoms with Crippen molar-refractivity contribution in [3.63, 3.8) is 0 Å². The third-order valence-electron chi connectivity index (χ3n) is 10.9. The molecule has 0 saturated heterocycles. The number of benzene rings is 5. The van der Waals surface area contributed by atoms with Crippen LogP contribution in [0.3, 0.4) is 0 Å². The topological polar surface area (TPSA) is 39.9 Å². The maximum atomic E-state index is 6.88. The van der Waals surface area contributed by atoms with Gasteiger partial charge in [0.1, 0.15) is 0 Å². The molecule has 0 unspecified atom stereocenters. The number of nitrogens with zero attached hydrogens (tertiary/aromatic N) is 3. The number of pyridine rings is 2. The molecule has 280 valence electrons. The molecule has 0 aliphatic heterocycles. The van der Waals surface area contributed by atoms with Crippen LogP contribution in [0.1, 0.15) is 79.0 Å². The second-order valence-electron chi connectivity index (χ2n) is 18.7. The van der Waals surface area contributed by atoms with Gasteiger partial charge in [0.25, 0.3) is 0 Å². The SMILES string of the molecule is CC(C)(C)Cc1ccc2c(ccc3c4ccnc(-c5cc(Oc6ccc7c8ccccc8n(-c8cc(C(C)(C)C)ccn8)c7c6)cc(C(C)(C)C)c5)c4[se]c23)c1. The van der Waals surface area contributed by atoms with Gasteiger partial charge in [0.2, 0.25) is 0 Å². The van der Waals surface area contributed by atoms with Gasteiger partial charge in [-0.05, 0) is 17.0 Å². The van der Waals surface area contributed by atoms with E-state index in [1.807, 2.05) is 12.4 Å². The molecule has 0 aliphatic rings. The summed E-state index contributed by atoms with van der Waals surface area (Å²) in [5, 5.41) is 7.70. The molecule has 0 amide bonds. The summed E-state index contributed by atoms with van der Waals surface area (Å²) in [6, 6.07) is 40.0. The van der Waals surface area contributed by atoms with Crippen molar-refractivity contribution in [2.45, 2.75) is 79.6 Å². The number of para-hydroxylation sites is 1. The van der Waals surface area contributed by atoms with Crippen LogP contribution >= 0.6 is 0 Å². The average Bonchev–Trinajstić information content (AvgIpc) is 3.69. The van der Waals surface area contributed by atoms with E-state index in [-0.39, 0.29) is 30.7 Å². The predicted octanol–water partition coefficient (Wildman–Crippen LogP) is 13.7. The molecule has 5 aromatic carbocycles. The zero-order valence-electron chi connectivity index (χ0n) is 33.9. The van der Waals surface area contributed by atoms with Gasteiger partial charge in [-0.3, -0.25) is 0 Å². The van der Waals surface area contributed by atoms with Crippen LogP contribution in [-0.4, -0.2) is 29.0 Å². The van der Waals surface area contributed by atoms with Crippen molar-refractivity contribution in [1.82, 2.24) is 14.5 Å². The van der Waals surface area contributed by atoms with Crippen molar-refractivity contribution >= 4 is 66.4 Å². The Balaban J connectivity index is 1.16. The summed E-state index contributed by atoms with van der Waals surface area (Å²) < 4.78 is 11.9. The molecule has 0 N–H and O–H groups in total. The fourth-order valence-corrected chi connectivity index (χ4v) is 10.9. The average molecular weight is 799 g/mol. The number of ether oxygens (including phenoxy) is 1. The molecule has 0 atom stereocenters. The van der Waals surface area contributed by atoms with Crippen molar-refractivity contribution in [3.8, 4) is 28.6 Å². The van der Waals surface area contributed by atoms with Gasteiger partial charge in [0.15, 0.2) is 0 Å². The zero-order chi connectivity index (χ0) is 39.1. The zero-order valence-corrected chi connectivity index (χ0v) is 35.6. The third kappa shape index (κ3) is 6.61. The summed E-state index contributed by atoms with van der Waals surface area (Å²) in [6.07, 6.45) is 4.97. The van der Waals surface area contributed by atoms with Crippen LogP contribution in [0.2, 0.25) is 0 Å². The van der Waals surface area contributed by atoms with Crippen molar-refractivity contribution in [2.24, 2.45) is 5.41 Å². The van der Waals surface area contributed by atoms with Crippen LogP contribution in [0.5, 0.6) is 11.5 Å². The van der Waals surface area contributed by atoms with E-state index in [1.54, 1.807) is 0 Å². The van der Waals surface area contributed by atoms with Gasteiger partial charge in [-0.25, -0.2) is 0 Å². The van der Waals surface area contributed by atoms with Crippen molar-refractivity contribution in [3.05, 3.63) is 138 Å². The number of hydrogen-bond acceptors (Lipinski definition) is 3. The van der Waals surface area contributed by atoms with Gasteiger partial charge in [0.05, 0.1) is 0 Å².